The van der Waals surface area contributed by atoms with Gasteiger partial charge >= 0.3 is 5.97 Å². The largest absolute Gasteiger partial charge is 0.453 e. The highest BCUT2D eigenvalue weighted by Crippen LogP contribution is 2.48. The second-order valence-electron chi connectivity index (χ2n) is 11.0. The molecular formula is C26H40O7. The van der Waals surface area contributed by atoms with E-state index in [-0.39, 0.29) is 23.7 Å². The molecule has 7 heteroatoms. The molecule has 0 radical (unpaired) electrons. The lowest BCUT2D eigenvalue weighted by atomic mass is 9.78. The van der Waals surface area contributed by atoms with Crippen molar-refractivity contribution >= 4 is 11.8 Å². The highest BCUT2D eigenvalue weighted by molar-refractivity contribution is 5.87. The first-order chi connectivity index (χ1) is 15.2. The molecule has 0 unspecified atom stereocenters. The fraction of sp³-hybridized carbons (Fsp3) is 0.769. The van der Waals surface area contributed by atoms with E-state index in [2.05, 4.69) is 0 Å². The molecule has 0 aromatic rings. The molecule has 3 heterocycles. The number of hydrogen-bond donors (Lipinski definition) is 2. The number of carbonyl (C=O) groups excluding carboxylic acids is 2. The average molecular weight is 465 g/mol. The summed E-state index contributed by atoms with van der Waals surface area (Å²) in [6.07, 6.45) is 3.52. The van der Waals surface area contributed by atoms with Crippen LogP contribution in [-0.2, 0) is 23.8 Å². The summed E-state index contributed by atoms with van der Waals surface area (Å²) in [7, 11) is 0. The number of hydrogen-bond acceptors (Lipinski definition) is 7. The molecule has 2 fully saturated rings. The summed E-state index contributed by atoms with van der Waals surface area (Å²) in [5.74, 6) is -3.95. The summed E-state index contributed by atoms with van der Waals surface area (Å²) in [6, 6.07) is 0. The lowest BCUT2D eigenvalue weighted by molar-refractivity contribution is -0.363. The van der Waals surface area contributed by atoms with Crippen LogP contribution in [0.15, 0.2) is 23.8 Å². The molecule has 3 aliphatic heterocycles. The van der Waals surface area contributed by atoms with Crippen LogP contribution in [0.1, 0.15) is 74.1 Å². The van der Waals surface area contributed by atoms with Gasteiger partial charge in [-0.05, 0) is 39.5 Å². The maximum Gasteiger partial charge on any atom is 0.331 e. The van der Waals surface area contributed by atoms with Crippen LogP contribution in [0.25, 0.3) is 0 Å². The van der Waals surface area contributed by atoms with Crippen molar-refractivity contribution in [2.24, 2.45) is 17.3 Å². The van der Waals surface area contributed by atoms with Crippen LogP contribution >= 0.6 is 0 Å². The lowest BCUT2D eigenvalue weighted by Gasteiger charge is -2.51. The normalized spacial score (nSPS) is 44.5. The van der Waals surface area contributed by atoms with E-state index in [1.54, 1.807) is 20.8 Å². The van der Waals surface area contributed by atoms with E-state index in [0.29, 0.717) is 19.3 Å². The van der Waals surface area contributed by atoms with Crippen LogP contribution in [-0.4, -0.2) is 57.8 Å². The number of fused-ring (bicyclic) bond motifs is 4. The zero-order chi connectivity index (χ0) is 24.8. The molecule has 3 aliphatic rings. The van der Waals surface area contributed by atoms with Gasteiger partial charge in [0, 0.05) is 23.3 Å². The van der Waals surface area contributed by atoms with E-state index in [9.17, 15) is 19.8 Å². The predicted octanol–water partition coefficient (Wildman–Crippen LogP) is 3.47. The molecule has 0 aromatic carbocycles. The molecule has 0 saturated carbocycles. The van der Waals surface area contributed by atoms with E-state index in [4.69, 9.17) is 14.2 Å². The van der Waals surface area contributed by atoms with Gasteiger partial charge in [0.05, 0.1) is 11.7 Å². The van der Waals surface area contributed by atoms with Crippen LogP contribution in [0.3, 0.4) is 0 Å². The molecule has 0 spiro atoms. The molecule has 0 aliphatic carbocycles. The fourth-order valence-electron chi connectivity index (χ4n) is 5.18. The minimum Gasteiger partial charge on any atom is -0.453 e. The first-order valence-electron chi connectivity index (χ1n) is 12.1. The molecule has 186 valence electrons. The highest BCUT2D eigenvalue weighted by atomic mass is 16.7. The van der Waals surface area contributed by atoms with Crippen molar-refractivity contribution < 1.29 is 34.0 Å². The number of rotatable bonds is 3. The van der Waals surface area contributed by atoms with Gasteiger partial charge in [0.15, 0.2) is 11.9 Å². The smallest absolute Gasteiger partial charge is 0.331 e. The van der Waals surface area contributed by atoms with Gasteiger partial charge < -0.3 is 24.4 Å². The number of aliphatic hydroxyl groups excluding tert-OH is 1. The molecule has 8 atom stereocenters. The van der Waals surface area contributed by atoms with Crippen LogP contribution in [0.5, 0.6) is 0 Å². The number of ketones is 1. The first-order valence-corrected chi connectivity index (χ1v) is 12.1. The maximum absolute atomic E-state index is 13.2. The Hall–Kier alpha value is -1.54. The van der Waals surface area contributed by atoms with Crippen LogP contribution in [0.2, 0.25) is 0 Å². The molecule has 33 heavy (non-hydrogen) atoms. The summed E-state index contributed by atoms with van der Waals surface area (Å²) in [6.45, 7) is 13.2. The Morgan fingerprint density at radius 2 is 1.94 bits per heavy atom. The molecular weight excluding hydrogens is 424 g/mol. The summed E-state index contributed by atoms with van der Waals surface area (Å²) in [5, 5.41) is 23.3. The Balaban J connectivity index is 2.05. The predicted molar refractivity (Wildman–Crippen MR) is 123 cm³/mol. The number of aliphatic hydroxyl groups is 2. The summed E-state index contributed by atoms with van der Waals surface area (Å²) < 4.78 is 18.0. The highest BCUT2D eigenvalue weighted by Gasteiger charge is 2.62. The van der Waals surface area contributed by atoms with Crippen molar-refractivity contribution in [3.63, 3.8) is 0 Å². The third-order valence-corrected chi connectivity index (χ3v) is 7.70. The summed E-state index contributed by atoms with van der Waals surface area (Å²) in [4.78, 5) is 25.8. The molecule has 7 nitrogen and oxygen atoms in total. The molecule has 0 amide bonds. The van der Waals surface area contributed by atoms with Crippen LogP contribution < -0.4 is 0 Å². The van der Waals surface area contributed by atoms with Crippen molar-refractivity contribution in [3.05, 3.63) is 23.8 Å². The zero-order valence-electron chi connectivity index (χ0n) is 21.0. The Kier molecular flexibility index (Phi) is 7.31. The van der Waals surface area contributed by atoms with Crippen molar-refractivity contribution in [1.29, 1.82) is 0 Å². The van der Waals surface area contributed by atoms with Gasteiger partial charge in [-0.25, -0.2) is 4.79 Å². The average Bonchev–Trinajstić information content (AvgIpc) is 3.17. The van der Waals surface area contributed by atoms with Gasteiger partial charge in [-0.3, -0.25) is 4.79 Å². The number of carbonyl (C=O) groups is 2. The first kappa shape index (κ1) is 26.1. The number of esters is 1. The van der Waals surface area contributed by atoms with Crippen molar-refractivity contribution in [2.45, 2.75) is 110 Å². The zero-order valence-corrected chi connectivity index (χ0v) is 21.0. The number of ether oxygens (including phenoxy) is 3. The van der Waals surface area contributed by atoms with Gasteiger partial charge in [-0.2, -0.15) is 0 Å². The molecule has 0 aromatic heterocycles. The molecule has 4 bridgehead atoms. The van der Waals surface area contributed by atoms with Crippen LogP contribution in [0.4, 0.5) is 0 Å². The Labute approximate surface area is 197 Å². The van der Waals surface area contributed by atoms with Gasteiger partial charge in [0.25, 0.3) is 0 Å². The third-order valence-electron chi connectivity index (χ3n) is 7.70. The minimum absolute atomic E-state index is 0.176. The van der Waals surface area contributed by atoms with Gasteiger partial charge in [-0.1, -0.05) is 52.3 Å². The second kappa shape index (κ2) is 9.25. The minimum atomic E-state index is -2.29. The topological polar surface area (TPSA) is 102 Å². The van der Waals surface area contributed by atoms with Gasteiger partial charge in [-0.15, -0.1) is 0 Å². The van der Waals surface area contributed by atoms with Gasteiger partial charge in [0.1, 0.15) is 12.2 Å². The summed E-state index contributed by atoms with van der Waals surface area (Å²) >= 11 is 0. The van der Waals surface area contributed by atoms with E-state index >= 15 is 0 Å². The van der Waals surface area contributed by atoms with Gasteiger partial charge in [0.2, 0.25) is 5.79 Å². The quantitative estimate of drug-likeness (QED) is 0.375. The Morgan fingerprint density at radius 1 is 1.27 bits per heavy atom. The standard InChI is InChI=1S/C26H40O7/c1-8-15(2)13-20(27)31-22-17(4)14-18-21(28)16(3)9-11-24(5,6)19-10-12-25(7,33-19)23(29)26(22,30)32-18/h9,11,13,16-19,22-23,29-30H,8,10,12,14H2,1-7H3/b11-9+,15-13+/t16-,17+,18+,19+,22+,23-,25-,26-/m0/s1. The van der Waals surface area contributed by atoms with E-state index in [1.807, 2.05) is 39.8 Å². The maximum atomic E-state index is 13.2. The lowest BCUT2D eigenvalue weighted by Crippen LogP contribution is -2.68. The number of Topliss-reactive ketones (excluding diaryl/α,β-unsaturated/α-hetero) is 1. The third kappa shape index (κ3) is 4.97. The Morgan fingerprint density at radius 3 is 2.58 bits per heavy atom. The van der Waals surface area contributed by atoms with E-state index in [1.165, 1.54) is 6.08 Å². The van der Waals surface area contributed by atoms with Crippen molar-refractivity contribution in [3.8, 4) is 0 Å². The second-order valence-corrected chi connectivity index (χ2v) is 11.0. The fourth-order valence-corrected chi connectivity index (χ4v) is 5.18. The number of allylic oxidation sites excluding steroid dienone is 2. The van der Waals surface area contributed by atoms with Crippen molar-refractivity contribution in [1.82, 2.24) is 0 Å². The SMILES string of the molecule is CC/C(C)=C/C(=O)O[C@@H]1[C@H](C)C[C@H]2O[C@]1(O)[C@@H](O)[C@]1(C)CC[C@@H](O1)C(C)(C)/C=C/[C@H](C)C2=O. The monoisotopic (exact) mass is 464 g/mol. The van der Waals surface area contributed by atoms with E-state index < -0.39 is 47.5 Å². The molecule has 2 N–H and O–H groups in total. The van der Waals surface area contributed by atoms with E-state index in [0.717, 1.165) is 5.57 Å². The van der Waals surface area contributed by atoms with Crippen LogP contribution in [0, 0.1) is 17.3 Å². The molecule has 3 rings (SSSR count). The van der Waals surface area contributed by atoms with Crippen molar-refractivity contribution in [2.75, 3.05) is 0 Å². The molecule has 2 saturated heterocycles. The Bertz CT molecular complexity index is 830. The summed E-state index contributed by atoms with van der Waals surface area (Å²) in [5.41, 5.74) is -0.675.